The Kier molecular flexibility index (Phi) is 7.65. The van der Waals surface area contributed by atoms with Crippen molar-refractivity contribution in [2.45, 2.75) is 109 Å². The van der Waals surface area contributed by atoms with Crippen LogP contribution >= 0.6 is 0 Å². The lowest BCUT2D eigenvalue weighted by molar-refractivity contribution is -0.312. The van der Waals surface area contributed by atoms with E-state index in [0.717, 1.165) is 44.9 Å². The maximum absolute atomic E-state index is 12.4. The van der Waals surface area contributed by atoms with Gasteiger partial charge in [0.15, 0.2) is 6.29 Å². The molecule has 4 aliphatic carbocycles. The van der Waals surface area contributed by atoms with Crippen molar-refractivity contribution < 1.29 is 46.7 Å². The standard InChI is InChI=1S/C27H42O10S/c1-14(28)18-6-7-19-17-5-4-15-12-16(8-10-26(15,2)20(17)9-11-27(18,19)3)36-25-24(31)23(30)22(29)21(37-25)13-35-38(32,33)34/h4,16-25,29-31H,5-13H2,1-3H3,(H,32,33,34)/t16?,17-,18+,19-,20-,21?,22?,23?,24?,25?,26-,27+/m0/s1. The van der Waals surface area contributed by atoms with Gasteiger partial charge < -0.3 is 24.8 Å². The van der Waals surface area contributed by atoms with Gasteiger partial charge in [-0.3, -0.25) is 9.35 Å². The van der Waals surface area contributed by atoms with Gasteiger partial charge in [0, 0.05) is 5.92 Å². The number of ketones is 1. The lowest BCUT2D eigenvalue weighted by atomic mass is 9.47. The SMILES string of the molecule is CC(=O)[C@H]1CC[C@H]2[C@@H]3CC=C4CC(OC5OC(COS(=O)(=O)O)C(O)C(O)C5O)CC[C@]4(C)[C@H]3CC[C@]12C. The van der Waals surface area contributed by atoms with Gasteiger partial charge >= 0.3 is 10.4 Å². The van der Waals surface area contributed by atoms with Crippen molar-refractivity contribution in [3.05, 3.63) is 11.6 Å². The molecule has 4 fully saturated rings. The molecule has 0 aromatic rings. The summed E-state index contributed by atoms with van der Waals surface area (Å²) in [7, 11) is -4.77. The van der Waals surface area contributed by atoms with E-state index in [-0.39, 0.29) is 22.9 Å². The zero-order valence-electron chi connectivity index (χ0n) is 22.4. The van der Waals surface area contributed by atoms with Crippen LogP contribution in [0, 0.1) is 34.5 Å². The van der Waals surface area contributed by atoms with Crippen LogP contribution in [0.25, 0.3) is 0 Å². The molecule has 216 valence electrons. The van der Waals surface area contributed by atoms with E-state index < -0.39 is 47.7 Å². The van der Waals surface area contributed by atoms with Crippen LogP contribution < -0.4 is 0 Å². The molecule has 0 bridgehead atoms. The molecular weight excluding hydrogens is 516 g/mol. The first-order valence-electron chi connectivity index (χ1n) is 13.9. The van der Waals surface area contributed by atoms with Gasteiger partial charge in [0.2, 0.25) is 0 Å². The summed E-state index contributed by atoms with van der Waals surface area (Å²) in [6.07, 6.45) is 2.33. The van der Waals surface area contributed by atoms with Crippen molar-refractivity contribution in [3.8, 4) is 0 Å². The van der Waals surface area contributed by atoms with E-state index in [1.165, 1.54) is 5.57 Å². The highest BCUT2D eigenvalue weighted by molar-refractivity contribution is 7.80. The summed E-state index contributed by atoms with van der Waals surface area (Å²) in [5, 5.41) is 31.0. The van der Waals surface area contributed by atoms with Crippen LogP contribution in [-0.4, -0.2) is 77.5 Å². The molecule has 12 atom stereocenters. The Morgan fingerprint density at radius 2 is 1.79 bits per heavy atom. The quantitative estimate of drug-likeness (QED) is 0.281. The van der Waals surface area contributed by atoms with E-state index in [2.05, 4.69) is 24.1 Å². The van der Waals surface area contributed by atoms with E-state index in [0.29, 0.717) is 30.0 Å². The molecule has 38 heavy (non-hydrogen) atoms. The fourth-order valence-electron chi connectivity index (χ4n) is 8.92. The van der Waals surface area contributed by atoms with Crippen molar-refractivity contribution in [1.29, 1.82) is 0 Å². The van der Waals surface area contributed by atoms with Crippen molar-refractivity contribution >= 4 is 16.2 Å². The Hall–Kier alpha value is -0.920. The first-order valence-corrected chi connectivity index (χ1v) is 15.3. The second-order valence-electron chi connectivity index (χ2n) is 12.8. The van der Waals surface area contributed by atoms with Gasteiger partial charge in [-0.25, -0.2) is 4.18 Å². The van der Waals surface area contributed by atoms with Crippen LogP contribution in [0.4, 0.5) is 0 Å². The molecule has 11 heteroatoms. The van der Waals surface area contributed by atoms with Crippen LogP contribution in [-0.2, 0) is 28.9 Å². The largest absolute Gasteiger partial charge is 0.397 e. The number of fused-ring (bicyclic) bond motifs is 5. The average Bonchev–Trinajstić information content (AvgIpc) is 3.20. The van der Waals surface area contributed by atoms with Gasteiger partial charge in [-0.2, -0.15) is 8.42 Å². The molecule has 0 spiro atoms. The van der Waals surface area contributed by atoms with Crippen LogP contribution in [0.3, 0.4) is 0 Å². The van der Waals surface area contributed by atoms with Gasteiger partial charge in [0.05, 0.1) is 12.7 Å². The lowest BCUT2D eigenvalue weighted by Crippen LogP contribution is -2.60. The highest BCUT2D eigenvalue weighted by atomic mass is 32.3. The molecule has 6 unspecified atom stereocenters. The number of rotatable bonds is 6. The average molecular weight is 559 g/mol. The third-order valence-electron chi connectivity index (χ3n) is 10.9. The van der Waals surface area contributed by atoms with Crippen molar-refractivity contribution in [2.75, 3.05) is 6.61 Å². The van der Waals surface area contributed by atoms with E-state index in [9.17, 15) is 28.5 Å². The summed E-state index contributed by atoms with van der Waals surface area (Å²) in [6.45, 7) is 5.72. The first-order chi connectivity index (χ1) is 17.7. The van der Waals surface area contributed by atoms with E-state index in [4.69, 9.17) is 14.0 Å². The van der Waals surface area contributed by atoms with Gasteiger partial charge in [-0.15, -0.1) is 0 Å². The van der Waals surface area contributed by atoms with Gasteiger partial charge in [-0.05, 0) is 86.9 Å². The maximum atomic E-state index is 12.4. The highest BCUT2D eigenvalue weighted by Gasteiger charge is 2.59. The molecule has 0 aromatic carbocycles. The van der Waals surface area contributed by atoms with E-state index in [1.54, 1.807) is 6.92 Å². The highest BCUT2D eigenvalue weighted by Crippen LogP contribution is 2.66. The third kappa shape index (κ3) is 4.91. The Morgan fingerprint density at radius 3 is 2.47 bits per heavy atom. The monoisotopic (exact) mass is 558 g/mol. The Bertz CT molecular complexity index is 1060. The molecule has 5 rings (SSSR count). The predicted octanol–water partition coefficient (Wildman–Crippen LogP) is 2.17. The first kappa shape index (κ1) is 28.6. The number of carbonyl (C=O) groups is 1. The smallest absolute Gasteiger partial charge is 0.387 e. The minimum absolute atomic E-state index is 0.0476. The molecule has 0 aromatic heterocycles. The summed E-state index contributed by atoms with van der Waals surface area (Å²) in [4.78, 5) is 12.4. The fraction of sp³-hybridized carbons (Fsp3) is 0.889. The number of ether oxygens (including phenoxy) is 2. The number of carbonyl (C=O) groups excluding carboxylic acids is 1. The maximum Gasteiger partial charge on any atom is 0.397 e. The number of aliphatic hydroxyl groups excluding tert-OH is 3. The summed E-state index contributed by atoms with van der Waals surface area (Å²) in [6, 6.07) is 0. The van der Waals surface area contributed by atoms with E-state index >= 15 is 0 Å². The number of hydrogen-bond donors (Lipinski definition) is 4. The normalized spacial score (nSPS) is 49.0. The van der Waals surface area contributed by atoms with E-state index in [1.807, 2.05) is 0 Å². The van der Waals surface area contributed by atoms with Gasteiger partial charge in [0.25, 0.3) is 0 Å². The summed E-state index contributed by atoms with van der Waals surface area (Å²) in [5.74, 6) is 2.22. The predicted molar refractivity (Wildman–Crippen MR) is 135 cm³/mol. The Morgan fingerprint density at radius 1 is 1.05 bits per heavy atom. The van der Waals surface area contributed by atoms with Gasteiger partial charge in [0.1, 0.15) is 30.2 Å². The fourth-order valence-corrected chi connectivity index (χ4v) is 9.23. The third-order valence-corrected chi connectivity index (χ3v) is 11.4. The number of hydrogen-bond acceptors (Lipinski definition) is 9. The van der Waals surface area contributed by atoms with Crippen LogP contribution in [0.15, 0.2) is 11.6 Å². The molecule has 0 amide bonds. The second-order valence-corrected chi connectivity index (χ2v) is 13.9. The number of aliphatic hydroxyl groups is 3. The summed E-state index contributed by atoms with van der Waals surface area (Å²) >= 11 is 0. The zero-order valence-corrected chi connectivity index (χ0v) is 23.2. The summed E-state index contributed by atoms with van der Waals surface area (Å²) < 4.78 is 46.7. The Labute approximate surface area is 224 Å². The second kappa shape index (κ2) is 10.2. The molecule has 1 saturated heterocycles. The minimum Gasteiger partial charge on any atom is -0.387 e. The molecule has 3 saturated carbocycles. The number of Topliss-reactive ketones (excluding diaryl/α,β-unsaturated/α-hetero) is 1. The molecule has 1 heterocycles. The molecule has 1 aliphatic heterocycles. The number of allylic oxidation sites excluding steroid dienone is 1. The van der Waals surface area contributed by atoms with Crippen molar-refractivity contribution in [2.24, 2.45) is 34.5 Å². The lowest BCUT2D eigenvalue weighted by Gasteiger charge is -2.58. The topological polar surface area (TPSA) is 160 Å². The minimum atomic E-state index is -4.77. The van der Waals surface area contributed by atoms with Crippen molar-refractivity contribution in [3.63, 3.8) is 0 Å². The van der Waals surface area contributed by atoms with Crippen LogP contribution in [0.5, 0.6) is 0 Å². The van der Waals surface area contributed by atoms with Gasteiger partial charge in [-0.1, -0.05) is 25.5 Å². The zero-order chi connectivity index (χ0) is 27.6. The molecular formula is C27H42O10S. The van der Waals surface area contributed by atoms with Crippen LogP contribution in [0.1, 0.15) is 72.1 Å². The summed E-state index contributed by atoms with van der Waals surface area (Å²) in [5.41, 5.74) is 1.49. The van der Waals surface area contributed by atoms with Crippen LogP contribution in [0.2, 0.25) is 0 Å². The molecule has 5 aliphatic rings. The molecule has 10 nitrogen and oxygen atoms in total. The Balaban J connectivity index is 1.27. The van der Waals surface area contributed by atoms with Crippen molar-refractivity contribution in [1.82, 2.24) is 0 Å². The molecule has 0 radical (unpaired) electrons. The molecule has 4 N–H and O–H groups in total.